The molecule has 18 heavy (non-hydrogen) atoms. The smallest absolute Gasteiger partial charge is 0.162 e. The fourth-order valence-electron chi connectivity index (χ4n) is 2.28. The van der Waals surface area contributed by atoms with Gasteiger partial charge in [0, 0.05) is 18.0 Å². The molecule has 2 aliphatic rings. The molecule has 0 bridgehead atoms. The molecule has 1 N–H and O–H groups in total. The molecule has 0 spiro atoms. The summed E-state index contributed by atoms with van der Waals surface area (Å²) in [6.07, 6.45) is 2.18. The fourth-order valence-corrected chi connectivity index (χ4v) is 2.93. The van der Waals surface area contributed by atoms with Crippen LogP contribution in [0.4, 0.5) is 0 Å². The van der Waals surface area contributed by atoms with Gasteiger partial charge in [0.1, 0.15) is 13.2 Å². The molecular formula is C13H17NO3S. The number of morpholine rings is 1. The lowest BCUT2D eigenvalue weighted by Gasteiger charge is -2.27. The number of hydrogen-bond donors (Lipinski definition) is 1. The van der Waals surface area contributed by atoms with Gasteiger partial charge in [-0.2, -0.15) is 0 Å². The van der Waals surface area contributed by atoms with Crippen molar-refractivity contribution >= 4 is 11.8 Å². The highest BCUT2D eigenvalue weighted by atomic mass is 32.2. The molecule has 98 valence electrons. The second-order valence-electron chi connectivity index (χ2n) is 4.30. The van der Waals surface area contributed by atoms with E-state index in [4.69, 9.17) is 14.2 Å². The van der Waals surface area contributed by atoms with Gasteiger partial charge in [0.05, 0.1) is 12.7 Å². The Bertz CT molecular complexity index is 432. The van der Waals surface area contributed by atoms with Crippen LogP contribution in [0.3, 0.4) is 0 Å². The Labute approximate surface area is 111 Å². The van der Waals surface area contributed by atoms with Crippen LogP contribution in [-0.2, 0) is 4.74 Å². The molecule has 0 radical (unpaired) electrons. The molecule has 1 atom stereocenters. The van der Waals surface area contributed by atoms with Crippen molar-refractivity contribution < 1.29 is 14.2 Å². The molecule has 1 saturated heterocycles. The van der Waals surface area contributed by atoms with Crippen LogP contribution in [0.2, 0.25) is 0 Å². The highest BCUT2D eigenvalue weighted by Gasteiger charge is 2.23. The monoisotopic (exact) mass is 267 g/mol. The van der Waals surface area contributed by atoms with Crippen LogP contribution in [0.25, 0.3) is 0 Å². The maximum Gasteiger partial charge on any atom is 0.162 e. The van der Waals surface area contributed by atoms with Gasteiger partial charge < -0.3 is 19.5 Å². The van der Waals surface area contributed by atoms with Crippen LogP contribution in [0.5, 0.6) is 11.5 Å². The summed E-state index contributed by atoms with van der Waals surface area (Å²) in [6.45, 7) is 3.78. The zero-order valence-corrected chi connectivity index (χ0v) is 11.2. The van der Waals surface area contributed by atoms with Gasteiger partial charge in [0.15, 0.2) is 11.5 Å². The Morgan fingerprint density at radius 2 is 1.94 bits per heavy atom. The Morgan fingerprint density at radius 1 is 1.17 bits per heavy atom. The minimum atomic E-state index is 0.108. The Hall–Kier alpha value is -0.910. The first-order valence-corrected chi connectivity index (χ1v) is 7.41. The van der Waals surface area contributed by atoms with Crippen molar-refractivity contribution in [3.05, 3.63) is 17.7 Å². The zero-order valence-electron chi connectivity index (χ0n) is 10.4. The number of thioether (sulfide) groups is 1. The maximum atomic E-state index is 5.83. The normalized spacial score (nSPS) is 22.8. The first-order chi connectivity index (χ1) is 8.88. The van der Waals surface area contributed by atoms with Crippen molar-refractivity contribution in [2.24, 2.45) is 0 Å². The number of fused-ring (bicyclic) bond motifs is 1. The molecule has 1 unspecified atom stereocenters. The molecule has 0 aromatic heterocycles. The highest BCUT2D eigenvalue weighted by molar-refractivity contribution is 7.98. The van der Waals surface area contributed by atoms with Crippen LogP contribution in [0.1, 0.15) is 11.7 Å². The predicted octanol–water partition coefficient (Wildman–Crippen LogP) is 1.84. The van der Waals surface area contributed by atoms with E-state index in [9.17, 15) is 0 Å². The van der Waals surface area contributed by atoms with Crippen LogP contribution >= 0.6 is 11.8 Å². The van der Waals surface area contributed by atoms with Crippen molar-refractivity contribution in [1.29, 1.82) is 0 Å². The second-order valence-corrected chi connectivity index (χ2v) is 5.15. The van der Waals surface area contributed by atoms with E-state index in [1.165, 1.54) is 10.5 Å². The largest absolute Gasteiger partial charge is 0.486 e. The lowest BCUT2D eigenvalue weighted by Crippen LogP contribution is -2.33. The fraction of sp³-hybridized carbons (Fsp3) is 0.538. The number of ether oxygens (including phenoxy) is 3. The van der Waals surface area contributed by atoms with Gasteiger partial charge >= 0.3 is 0 Å². The van der Waals surface area contributed by atoms with E-state index >= 15 is 0 Å². The van der Waals surface area contributed by atoms with E-state index in [0.29, 0.717) is 13.2 Å². The van der Waals surface area contributed by atoms with Gasteiger partial charge in [-0.15, -0.1) is 11.8 Å². The van der Waals surface area contributed by atoms with Gasteiger partial charge in [-0.05, 0) is 24.0 Å². The van der Waals surface area contributed by atoms with Crippen molar-refractivity contribution in [1.82, 2.24) is 5.32 Å². The van der Waals surface area contributed by atoms with Gasteiger partial charge in [-0.3, -0.25) is 0 Å². The molecule has 1 aromatic carbocycles. The summed E-state index contributed by atoms with van der Waals surface area (Å²) in [7, 11) is 0. The van der Waals surface area contributed by atoms with E-state index in [1.807, 2.05) is 0 Å². The number of rotatable bonds is 2. The van der Waals surface area contributed by atoms with E-state index in [2.05, 4.69) is 23.7 Å². The average molecular weight is 267 g/mol. The molecule has 3 rings (SSSR count). The van der Waals surface area contributed by atoms with Crippen LogP contribution in [-0.4, -0.2) is 39.2 Å². The standard InChI is InChI=1S/C13H17NO3S/c1-18-13-7-11-10(16-4-5-17-11)6-9(13)12-8-14-2-3-15-12/h6-7,12,14H,2-5,8H2,1H3. The molecule has 2 heterocycles. The summed E-state index contributed by atoms with van der Waals surface area (Å²) in [6, 6.07) is 4.13. The first-order valence-electron chi connectivity index (χ1n) is 6.18. The maximum absolute atomic E-state index is 5.83. The van der Waals surface area contributed by atoms with E-state index in [0.717, 1.165) is 31.2 Å². The quantitative estimate of drug-likeness (QED) is 0.828. The summed E-state index contributed by atoms with van der Waals surface area (Å²) in [5.74, 6) is 1.68. The molecule has 0 amide bonds. The summed E-state index contributed by atoms with van der Waals surface area (Å²) in [5, 5.41) is 3.36. The third-order valence-electron chi connectivity index (χ3n) is 3.17. The minimum Gasteiger partial charge on any atom is -0.486 e. The Morgan fingerprint density at radius 3 is 2.61 bits per heavy atom. The van der Waals surface area contributed by atoms with E-state index < -0.39 is 0 Å². The topological polar surface area (TPSA) is 39.7 Å². The lowest BCUT2D eigenvalue weighted by molar-refractivity contribution is 0.0257. The molecule has 1 aromatic rings. The van der Waals surface area contributed by atoms with Gasteiger partial charge in [0.2, 0.25) is 0 Å². The van der Waals surface area contributed by atoms with Crippen LogP contribution < -0.4 is 14.8 Å². The zero-order chi connectivity index (χ0) is 12.4. The molecule has 5 heteroatoms. The molecular weight excluding hydrogens is 250 g/mol. The predicted molar refractivity (Wildman–Crippen MR) is 70.8 cm³/mol. The first kappa shape index (κ1) is 12.1. The average Bonchev–Trinajstić information content (AvgIpc) is 2.46. The molecule has 2 aliphatic heterocycles. The van der Waals surface area contributed by atoms with Gasteiger partial charge in [-0.25, -0.2) is 0 Å². The number of hydrogen-bond acceptors (Lipinski definition) is 5. The number of nitrogens with one attached hydrogen (secondary N) is 1. The Balaban J connectivity index is 1.95. The summed E-state index contributed by atoms with van der Waals surface area (Å²) >= 11 is 1.72. The van der Waals surface area contributed by atoms with Crippen LogP contribution in [0.15, 0.2) is 17.0 Å². The second kappa shape index (κ2) is 5.38. The molecule has 0 aliphatic carbocycles. The lowest BCUT2D eigenvalue weighted by atomic mass is 10.1. The van der Waals surface area contributed by atoms with Crippen molar-refractivity contribution in [2.45, 2.75) is 11.0 Å². The van der Waals surface area contributed by atoms with Crippen LogP contribution in [0, 0.1) is 0 Å². The summed E-state index contributed by atoms with van der Waals surface area (Å²) in [5.41, 5.74) is 1.19. The van der Waals surface area contributed by atoms with Crippen molar-refractivity contribution in [3.63, 3.8) is 0 Å². The molecule has 4 nitrogen and oxygen atoms in total. The SMILES string of the molecule is CSc1cc2c(cc1C1CNCCO1)OCCO2. The molecule has 0 saturated carbocycles. The van der Waals surface area contributed by atoms with E-state index in [-0.39, 0.29) is 6.10 Å². The highest BCUT2D eigenvalue weighted by Crippen LogP contribution is 2.39. The van der Waals surface area contributed by atoms with E-state index in [1.54, 1.807) is 11.8 Å². The van der Waals surface area contributed by atoms with Gasteiger partial charge in [-0.1, -0.05) is 0 Å². The van der Waals surface area contributed by atoms with Gasteiger partial charge in [0.25, 0.3) is 0 Å². The van der Waals surface area contributed by atoms with Crippen molar-refractivity contribution in [2.75, 3.05) is 39.2 Å². The minimum absolute atomic E-state index is 0.108. The number of benzene rings is 1. The molecule has 1 fully saturated rings. The third kappa shape index (κ3) is 2.30. The summed E-state index contributed by atoms with van der Waals surface area (Å²) < 4.78 is 17.1. The summed E-state index contributed by atoms with van der Waals surface area (Å²) in [4.78, 5) is 1.20. The third-order valence-corrected chi connectivity index (χ3v) is 3.96. The van der Waals surface area contributed by atoms with Crippen molar-refractivity contribution in [3.8, 4) is 11.5 Å². The Kier molecular flexibility index (Phi) is 3.63.